The molecule has 0 spiro atoms. The van der Waals surface area contributed by atoms with E-state index in [1.54, 1.807) is 23.1 Å². The third-order valence-corrected chi connectivity index (χ3v) is 4.10. The van der Waals surface area contributed by atoms with Gasteiger partial charge in [0, 0.05) is 36.9 Å². The molecule has 0 aromatic heterocycles. The van der Waals surface area contributed by atoms with Gasteiger partial charge in [-0.25, -0.2) is 4.79 Å². The second-order valence-corrected chi connectivity index (χ2v) is 7.37. The Bertz CT molecular complexity index is 716. The Morgan fingerprint density at radius 3 is 2.48 bits per heavy atom. The number of ether oxygens (including phenoxy) is 1. The van der Waals surface area contributed by atoms with E-state index < -0.39 is 5.60 Å². The van der Waals surface area contributed by atoms with E-state index in [-0.39, 0.29) is 17.9 Å². The zero-order valence-electron chi connectivity index (χ0n) is 15.5. The van der Waals surface area contributed by atoms with Gasteiger partial charge in [-0.05, 0) is 52.8 Å². The number of ketones is 1. The Hall–Kier alpha value is -2.55. The van der Waals surface area contributed by atoms with Gasteiger partial charge in [-0.3, -0.25) is 4.79 Å². The van der Waals surface area contributed by atoms with Gasteiger partial charge in [0.05, 0.1) is 11.6 Å². The lowest BCUT2D eigenvalue weighted by atomic mass is 10.0. The van der Waals surface area contributed by atoms with Crippen LogP contribution in [0.1, 0.15) is 50.5 Å². The number of nitrogens with zero attached hydrogens (tertiary/aromatic N) is 3. The highest BCUT2D eigenvalue weighted by atomic mass is 16.6. The Kier molecular flexibility index (Phi) is 5.36. The summed E-state index contributed by atoms with van der Waals surface area (Å²) in [5, 5.41) is 9.14. The van der Waals surface area contributed by atoms with Crippen molar-refractivity contribution in [1.82, 2.24) is 4.90 Å². The molecule has 0 N–H and O–H groups in total. The highest BCUT2D eigenvalue weighted by molar-refractivity contribution is 6.00. The van der Waals surface area contributed by atoms with Crippen LogP contribution >= 0.6 is 0 Å². The molecule has 6 nitrogen and oxygen atoms in total. The molecule has 1 saturated heterocycles. The van der Waals surface area contributed by atoms with Crippen LogP contribution in [0.15, 0.2) is 18.2 Å². The average molecular weight is 343 g/mol. The molecule has 0 bridgehead atoms. The fourth-order valence-corrected chi connectivity index (χ4v) is 2.93. The number of amides is 1. The SMILES string of the molecule is CC(=O)c1ccc(C#N)cc1N1CCN(C(=O)OC(C)(C)C)[C@H](C)C1. The number of Topliss-reactive ketones (excluding diaryl/α,β-unsaturated/α-hetero) is 1. The van der Waals surface area contributed by atoms with Gasteiger partial charge in [0.25, 0.3) is 0 Å². The minimum atomic E-state index is -0.531. The van der Waals surface area contributed by atoms with Crippen LogP contribution in [-0.2, 0) is 4.74 Å². The summed E-state index contributed by atoms with van der Waals surface area (Å²) in [4.78, 5) is 28.0. The van der Waals surface area contributed by atoms with Gasteiger partial charge in [0.1, 0.15) is 5.60 Å². The number of piperazine rings is 1. The summed E-state index contributed by atoms with van der Waals surface area (Å²) in [6.45, 7) is 10.7. The van der Waals surface area contributed by atoms with Gasteiger partial charge in [-0.15, -0.1) is 0 Å². The van der Waals surface area contributed by atoms with Crippen molar-refractivity contribution in [1.29, 1.82) is 5.26 Å². The molecule has 0 unspecified atom stereocenters. The molecular weight excluding hydrogens is 318 g/mol. The van der Waals surface area contributed by atoms with Crippen LogP contribution in [0.4, 0.5) is 10.5 Å². The standard InChI is InChI=1S/C19H25N3O3/c1-13-12-21(8-9-22(13)18(24)25-19(3,4)5)17-10-15(11-20)6-7-16(17)14(2)23/h6-7,10,13H,8-9,12H2,1-5H3/t13-/m1/s1. The number of hydrogen-bond acceptors (Lipinski definition) is 5. The number of benzene rings is 1. The zero-order chi connectivity index (χ0) is 18.8. The number of nitriles is 1. The predicted molar refractivity (Wildman–Crippen MR) is 95.8 cm³/mol. The lowest BCUT2D eigenvalue weighted by Crippen LogP contribution is -2.55. The quantitative estimate of drug-likeness (QED) is 0.771. The van der Waals surface area contributed by atoms with E-state index in [1.807, 2.05) is 27.7 Å². The first-order valence-corrected chi connectivity index (χ1v) is 8.42. The summed E-state index contributed by atoms with van der Waals surface area (Å²) in [5.74, 6) is -0.0401. The molecule has 6 heteroatoms. The van der Waals surface area contributed by atoms with Crippen molar-refractivity contribution < 1.29 is 14.3 Å². The van der Waals surface area contributed by atoms with E-state index in [0.29, 0.717) is 30.8 Å². The molecule has 25 heavy (non-hydrogen) atoms. The van der Waals surface area contributed by atoms with E-state index in [0.717, 1.165) is 5.69 Å². The lowest BCUT2D eigenvalue weighted by Gasteiger charge is -2.41. The van der Waals surface area contributed by atoms with Crippen molar-refractivity contribution in [3.63, 3.8) is 0 Å². The molecule has 134 valence electrons. The van der Waals surface area contributed by atoms with E-state index in [4.69, 9.17) is 10.00 Å². The van der Waals surface area contributed by atoms with Crippen LogP contribution < -0.4 is 4.90 Å². The summed E-state index contributed by atoms with van der Waals surface area (Å²) >= 11 is 0. The largest absolute Gasteiger partial charge is 0.444 e. The van der Waals surface area contributed by atoms with E-state index >= 15 is 0 Å². The van der Waals surface area contributed by atoms with Crippen LogP contribution in [-0.4, -0.2) is 48.1 Å². The lowest BCUT2D eigenvalue weighted by molar-refractivity contribution is 0.0158. The van der Waals surface area contributed by atoms with Gasteiger partial charge in [-0.1, -0.05) is 0 Å². The van der Waals surface area contributed by atoms with E-state index in [2.05, 4.69) is 11.0 Å². The van der Waals surface area contributed by atoms with Gasteiger partial charge in [0.2, 0.25) is 0 Å². The van der Waals surface area contributed by atoms with Crippen molar-refractivity contribution >= 4 is 17.6 Å². The maximum atomic E-state index is 12.3. The first-order chi connectivity index (χ1) is 11.6. The van der Waals surface area contributed by atoms with Crippen molar-refractivity contribution in [3.05, 3.63) is 29.3 Å². The van der Waals surface area contributed by atoms with Gasteiger partial charge < -0.3 is 14.5 Å². The molecule has 1 aromatic rings. The molecule has 1 amide bonds. The van der Waals surface area contributed by atoms with Gasteiger partial charge in [0.15, 0.2) is 5.78 Å². The maximum Gasteiger partial charge on any atom is 0.410 e. The van der Waals surface area contributed by atoms with E-state index in [9.17, 15) is 9.59 Å². The first kappa shape index (κ1) is 18.8. The van der Waals surface area contributed by atoms with Gasteiger partial charge in [-0.2, -0.15) is 5.26 Å². The number of rotatable bonds is 2. The molecule has 1 heterocycles. The number of carbonyl (C=O) groups is 2. The smallest absolute Gasteiger partial charge is 0.410 e. The molecule has 1 atom stereocenters. The van der Waals surface area contributed by atoms with Crippen LogP contribution in [0, 0.1) is 11.3 Å². The minimum absolute atomic E-state index is 0.0401. The van der Waals surface area contributed by atoms with Crippen LogP contribution in [0.3, 0.4) is 0 Å². The molecule has 1 aliphatic rings. The first-order valence-electron chi connectivity index (χ1n) is 8.42. The van der Waals surface area contributed by atoms with Gasteiger partial charge >= 0.3 is 6.09 Å². The Morgan fingerprint density at radius 2 is 1.96 bits per heavy atom. The molecule has 0 radical (unpaired) electrons. The minimum Gasteiger partial charge on any atom is -0.444 e. The topological polar surface area (TPSA) is 73.6 Å². The average Bonchev–Trinajstić information content (AvgIpc) is 2.52. The Balaban J connectivity index is 2.20. The molecular formula is C19H25N3O3. The molecule has 2 rings (SSSR count). The zero-order valence-corrected chi connectivity index (χ0v) is 15.5. The van der Waals surface area contributed by atoms with Crippen molar-refractivity contribution in [2.45, 2.75) is 46.3 Å². The summed E-state index contributed by atoms with van der Waals surface area (Å²) < 4.78 is 5.46. The van der Waals surface area contributed by atoms with Crippen molar-refractivity contribution in [3.8, 4) is 6.07 Å². The van der Waals surface area contributed by atoms with Crippen molar-refractivity contribution in [2.24, 2.45) is 0 Å². The third-order valence-electron chi connectivity index (χ3n) is 4.10. The predicted octanol–water partition coefficient (Wildman–Crippen LogP) is 3.21. The molecule has 1 aromatic carbocycles. The molecule has 0 aliphatic carbocycles. The van der Waals surface area contributed by atoms with Crippen LogP contribution in [0.25, 0.3) is 0 Å². The number of anilines is 1. The van der Waals surface area contributed by atoms with Crippen LogP contribution in [0.2, 0.25) is 0 Å². The monoisotopic (exact) mass is 343 g/mol. The fraction of sp³-hybridized carbons (Fsp3) is 0.526. The fourth-order valence-electron chi connectivity index (χ4n) is 2.93. The summed E-state index contributed by atoms with van der Waals surface area (Å²) in [7, 11) is 0. The summed E-state index contributed by atoms with van der Waals surface area (Å²) in [5.41, 5.74) is 1.33. The second kappa shape index (κ2) is 7.14. The summed E-state index contributed by atoms with van der Waals surface area (Å²) in [6, 6.07) is 7.14. The maximum absolute atomic E-state index is 12.3. The number of carbonyl (C=O) groups excluding carboxylic acids is 2. The highest BCUT2D eigenvalue weighted by Crippen LogP contribution is 2.26. The Labute approximate surface area is 149 Å². The molecule has 1 fully saturated rings. The molecule has 1 aliphatic heterocycles. The summed E-state index contributed by atoms with van der Waals surface area (Å²) in [6.07, 6.45) is -0.322. The highest BCUT2D eigenvalue weighted by Gasteiger charge is 2.31. The van der Waals surface area contributed by atoms with E-state index in [1.165, 1.54) is 6.92 Å². The normalized spacial score (nSPS) is 17.8. The Morgan fingerprint density at radius 1 is 1.28 bits per heavy atom. The second-order valence-electron chi connectivity index (χ2n) is 7.37. The molecule has 0 saturated carbocycles. The van der Waals surface area contributed by atoms with Crippen molar-refractivity contribution in [2.75, 3.05) is 24.5 Å². The van der Waals surface area contributed by atoms with Crippen LogP contribution in [0.5, 0.6) is 0 Å². The third kappa shape index (κ3) is 4.50. The number of hydrogen-bond donors (Lipinski definition) is 0.